The normalized spacial score (nSPS) is 11.0. The van der Waals surface area contributed by atoms with Crippen molar-refractivity contribution in [3.8, 4) is 0 Å². The fraction of sp³-hybridized carbons (Fsp3) is 0.412. The van der Waals surface area contributed by atoms with Gasteiger partial charge in [0.1, 0.15) is 0 Å². The van der Waals surface area contributed by atoms with Crippen LogP contribution in [0.3, 0.4) is 0 Å². The second-order valence-electron chi connectivity index (χ2n) is 6.15. The SMILES string of the molecule is CNC(=S)N(CC[NH+](C)C)Cc1cc2cc(C)ccc2[nH]c1=O. The van der Waals surface area contributed by atoms with Crippen molar-refractivity contribution >= 4 is 28.2 Å². The molecule has 23 heavy (non-hydrogen) atoms. The predicted molar refractivity (Wildman–Crippen MR) is 99.1 cm³/mol. The standard InChI is InChI=1S/C17H24N4OS/c1-12-5-6-15-13(9-12)10-14(16(22)19-15)11-21(17(23)18-2)8-7-20(3)4/h5-6,9-10H,7-8,11H2,1-4H3,(H,18,23)(H,19,22)/p+1. The van der Waals surface area contributed by atoms with E-state index in [1.807, 2.05) is 37.1 Å². The fourth-order valence-corrected chi connectivity index (χ4v) is 2.62. The van der Waals surface area contributed by atoms with E-state index in [0.29, 0.717) is 11.7 Å². The van der Waals surface area contributed by atoms with Crippen LogP contribution >= 0.6 is 12.2 Å². The van der Waals surface area contributed by atoms with Gasteiger partial charge in [-0.2, -0.15) is 0 Å². The van der Waals surface area contributed by atoms with Gasteiger partial charge in [0.05, 0.1) is 33.7 Å². The molecule has 1 aromatic heterocycles. The van der Waals surface area contributed by atoms with Crippen LogP contribution < -0.4 is 15.8 Å². The van der Waals surface area contributed by atoms with Crippen LogP contribution in [0.2, 0.25) is 0 Å². The second kappa shape index (κ2) is 7.57. The van der Waals surface area contributed by atoms with Crippen molar-refractivity contribution in [2.75, 3.05) is 34.2 Å². The number of hydrogen-bond donors (Lipinski definition) is 3. The average molecular weight is 333 g/mol. The number of likely N-dealkylation sites (N-methyl/N-ethyl adjacent to an activating group) is 1. The Bertz CT molecular complexity index is 754. The molecule has 0 unspecified atom stereocenters. The molecule has 1 heterocycles. The molecule has 0 atom stereocenters. The molecular weight excluding hydrogens is 308 g/mol. The zero-order chi connectivity index (χ0) is 17.0. The molecule has 0 aliphatic rings. The van der Waals surface area contributed by atoms with Gasteiger partial charge in [-0.25, -0.2) is 0 Å². The van der Waals surface area contributed by atoms with Gasteiger partial charge < -0.3 is 20.1 Å². The monoisotopic (exact) mass is 333 g/mol. The van der Waals surface area contributed by atoms with Crippen molar-refractivity contribution in [2.45, 2.75) is 13.5 Å². The molecule has 0 aliphatic heterocycles. The van der Waals surface area contributed by atoms with Gasteiger partial charge >= 0.3 is 0 Å². The minimum absolute atomic E-state index is 0.0533. The van der Waals surface area contributed by atoms with Crippen molar-refractivity contribution < 1.29 is 4.90 Å². The number of nitrogens with zero attached hydrogens (tertiary/aromatic N) is 1. The molecule has 1 aromatic carbocycles. The maximum atomic E-state index is 12.4. The van der Waals surface area contributed by atoms with Crippen LogP contribution in [0.1, 0.15) is 11.1 Å². The van der Waals surface area contributed by atoms with E-state index in [0.717, 1.165) is 29.6 Å². The van der Waals surface area contributed by atoms with E-state index >= 15 is 0 Å². The minimum atomic E-state index is -0.0533. The maximum Gasteiger partial charge on any atom is 0.253 e. The summed E-state index contributed by atoms with van der Waals surface area (Å²) in [4.78, 5) is 18.7. The first-order chi connectivity index (χ1) is 10.9. The van der Waals surface area contributed by atoms with Crippen LogP contribution in [-0.2, 0) is 6.54 Å². The van der Waals surface area contributed by atoms with E-state index < -0.39 is 0 Å². The molecule has 0 fully saturated rings. The largest absolute Gasteiger partial charge is 0.366 e. The van der Waals surface area contributed by atoms with Gasteiger partial charge in [-0.1, -0.05) is 11.6 Å². The lowest BCUT2D eigenvalue weighted by Gasteiger charge is -2.25. The van der Waals surface area contributed by atoms with Crippen molar-refractivity contribution in [1.29, 1.82) is 0 Å². The molecule has 3 N–H and O–H groups in total. The fourth-order valence-electron chi connectivity index (χ4n) is 2.46. The predicted octanol–water partition coefficient (Wildman–Crippen LogP) is 0.287. The lowest BCUT2D eigenvalue weighted by Crippen LogP contribution is -3.06. The Morgan fingerprint density at radius 1 is 1.35 bits per heavy atom. The summed E-state index contributed by atoms with van der Waals surface area (Å²) in [6.07, 6.45) is 0. The topological polar surface area (TPSA) is 52.6 Å². The number of H-pyrrole nitrogens is 1. The van der Waals surface area contributed by atoms with Crippen molar-refractivity contribution in [3.63, 3.8) is 0 Å². The van der Waals surface area contributed by atoms with E-state index in [9.17, 15) is 4.79 Å². The Kier molecular flexibility index (Phi) is 5.74. The molecule has 0 amide bonds. The van der Waals surface area contributed by atoms with Crippen LogP contribution in [0.25, 0.3) is 10.9 Å². The summed E-state index contributed by atoms with van der Waals surface area (Å²) in [5.41, 5.74) is 2.72. The first-order valence-electron chi connectivity index (χ1n) is 7.79. The van der Waals surface area contributed by atoms with Gasteiger partial charge in [0.2, 0.25) is 0 Å². The molecule has 124 valence electrons. The first-order valence-corrected chi connectivity index (χ1v) is 8.20. The number of aromatic nitrogens is 1. The number of hydrogen-bond acceptors (Lipinski definition) is 2. The highest BCUT2D eigenvalue weighted by molar-refractivity contribution is 7.80. The van der Waals surface area contributed by atoms with Crippen LogP contribution in [0, 0.1) is 6.92 Å². The van der Waals surface area contributed by atoms with Crippen LogP contribution in [-0.4, -0.2) is 49.2 Å². The van der Waals surface area contributed by atoms with Crippen LogP contribution in [0.4, 0.5) is 0 Å². The van der Waals surface area contributed by atoms with Crippen molar-refractivity contribution in [2.24, 2.45) is 0 Å². The molecule has 6 heteroatoms. The number of benzene rings is 1. The lowest BCUT2D eigenvalue weighted by molar-refractivity contribution is -0.857. The summed E-state index contributed by atoms with van der Waals surface area (Å²) in [7, 11) is 6.02. The molecule has 0 bridgehead atoms. The number of pyridine rings is 1. The van der Waals surface area contributed by atoms with Gasteiger partial charge in [-0.15, -0.1) is 0 Å². The number of quaternary nitrogens is 1. The Morgan fingerprint density at radius 3 is 2.74 bits per heavy atom. The van der Waals surface area contributed by atoms with E-state index in [-0.39, 0.29) is 5.56 Å². The zero-order valence-corrected chi connectivity index (χ0v) is 15.0. The van der Waals surface area contributed by atoms with Crippen molar-refractivity contribution in [3.05, 3.63) is 45.7 Å². The third kappa shape index (κ3) is 4.53. The Balaban J connectivity index is 2.31. The van der Waals surface area contributed by atoms with E-state index in [2.05, 4.69) is 30.5 Å². The van der Waals surface area contributed by atoms with E-state index in [1.54, 1.807) is 0 Å². The number of thiocarbonyl (C=S) groups is 1. The van der Waals surface area contributed by atoms with E-state index in [4.69, 9.17) is 12.2 Å². The van der Waals surface area contributed by atoms with Gasteiger partial charge in [-0.3, -0.25) is 4.79 Å². The Morgan fingerprint density at radius 2 is 2.09 bits per heavy atom. The smallest absolute Gasteiger partial charge is 0.253 e. The molecule has 2 aromatic rings. The molecule has 0 aliphatic carbocycles. The number of aryl methyl sites for hydroxylation is 1. The number of rotatable bonds is 5. The Hall–Kier alpha value is -1.92. The Labute approximate surface area is 142 Å². The summed E-state index contributed by atoms with van der Waals surface area (Å²) in [6.45, 7) is 4.30. The molecule has 2 rings (SSSR count). The van der Waals surface area contributed by atoms with Gasteiger partial charge in [0.15, 0.2) is 5.11 Å². The van der Waals surface area contributed by atoms with E-state index in [1.165, 1.54) is 10.5 Å². The van der Waals surface area contributed by atoms with Gasteiger partial charge in [0.25, 0.3) is 5.56 Å². The lowest BCUT2D eigenvalue weighted by atomic mass is 10.1. The molecule has 0 saturated heterocycles. The number of nitrogens with one attached hydrogen (secondary N) is 3. The molecule has 0 spiro atoms. The zero-order valence-electron chi connectivity index (χ0n) is 14.2. The first kappa shape index (κ1) is 17.4. The third-order valence-corrected chi connectivity index (χ3v) is 4.28. The van der Waals surface area contributed by atoms with Gasteiger partial charge in [-0.05, 0) is 42.7 Å². The second-order valence-corrected chi connectivity index (χ2v) is 6.53. The molecule has 5 nitrogen and oxygen atoms in total. The van der Waals surface area contributed by atoms with Crippen LogP contribution in [0.15, 0.2) is 29.1 Å². The number of fused-ring (bicyclic) bond motifs is 1. The average Bonchev–Trinajstić information content (AvgIpc) is 2.51. The van der Waals surface area contributed by atoms with Crippen molar-refractivity contribution in [1.82, 2.24) is 15.2 Å². The van der Waals surface area contributed by atoms with Crippen LogP contribution in [0.5, 0.6) is 0 Å². The summed E-state index contributed by atoms with van der Waals surface area (Å²) < 4.78 is 0. The molecular formula is C17H25N4OS+. The number of aromatic amines is 1. The summed E-state index contributed by atoms with van der Waals surface area (Å²) in [5.74, 6) is 0. The third-order valence-electron chi connectivity index (χ3n) is 3.82. The maximum absolute atomic E-state index is 12.4. The summed E-state index contributed by atoms with van der Waals surface area (Å²) in [5, 5.41) is 4.72. The molecule has 0 saturated carbocycles. The van der Waals surface area contributed by atoms with Gasteiger partial charge in [0, 0.05) is 18.1 Å². The highest BCUT2D eigenvalue weighted by Crippen LogP contribution is 2.14. The highest BCUT2D eigenvalue weighted by Gasteiger charge is 2.13. The summed E-state index contributed by atoms with van der Waals surface area (Å²) >= 11 is 5.38. The quantitative estimate of drug-likeness (QED) is 0.689. The summed E-state index contributed by atoms with van der Waals surface area (Å²) in [6, 6.07) is 8.00. The molecule has 0 radical (unpaired) electrons. The minimum Gasteiger partial charge on any atom is -0.366 e. The highest BCUT2D eigenvalue weighted by atomic mass is 32.1.